The lowest BCUT2D eigenvalue weighted by atomic mass is 9.85. The molecule has 3 aromatic rings. The number of nitrogens with zero attached hydrogens (tertiary/aromatic N) is 2. The first kappa shape index (κ1) is 19.6. The standard InChI is InChI=1S/C24H21N3O3S/c1-14(27-22(29)18-8-4-5-9-19(18)23(27)30)21(28)26-24-25-20(13-31-24)17-11-10-15-6-2-3-7-16(15)12-17/h2-7,10-14,18-19H,8-9H2,1H3,(H,25,26,28). The maximum atomic E-state index is 12.8. The fourth-order valence-electron chi connectivity index (χ4n) is 4.35. The molecule has 1 fully saturated rings. The Labute approximate surface area is 183 Å². The van der Waals surface area contributed by atoms with Gasteiger partial charge in [0, 0.05) is 10.9 Å². The number of carbonyl (C=O) groups excluding carboxylic acids is 3. The minimum Gasteiger partial charge on any atom is -0.300 e. The molecule has 1 N–H and O–H groups in total. The summed E-state index contributed by atoms with van der Waals surface area (Å²) in [7, 11) is 0. The molecule has 6 nitrogen and oxygen atoms in total. The number of fused-ring (bicyclic) bond motifs is 2. The quantitative estimate of drug-likeness (QED) is 0.495. The summed E-state index contributed by atoms with van der Waals surface area (Å²) in [4.78, 5) is 43.9. The molecule has 0 radical (unpaired) electrons. The lowest BCUT2D eigenvalue weighted by molar-refractivity contribution is -0.146. The van der Waals surface area contributed by atoms with Crippen LogP contribution in [0.25, 0.3) is 22.0 Å². The second-order valence-corrected chi connectivity index (χ2v) is 8.83. The molecule has 0 saturated carbocycles. The molecule has 0 bridgehead atoms. The first-order chi connectivity index (χ1) is 15.0. The monoisotopic (exact) mass is 431 g/mol. The number of nitrogens with one attached hydrogen (secondary N) is 1. The Morgan fingerprint density at radius 2 is 1.74 bits per heavy atom. The van der Waals surface area contributed by atoms with Gasteiger partial charge in [-0.25, -0.2) is 4.98 Å². The van der Waals surface area contributed by atoms with Crippen LogP contribution in [0.4, 0.5) is 5.13 Å². The lowest BCUT2D eigenvalue weighted by Crippen LogP contribution is -2.46. The van der Waals surface area contributed by atoms with Gasteiger partial charge in [-0.3, -0.25) is 19.3 Å². The molecule has 1 aliphatic carbocycles. The van der Waals surface area contributed by atoms with Crippen molar-refractivity contribution in [3.05, 3.63) is 60.0 Å². The summed E-state index contributed by atoms with van der Waals surface area (Å²) in [5.74, 6) is -1.59. The Morgan fingerprint density at radius 3 is 2.45 bits per heavy atom. The number of rotatable bonds is 4. The predicted octanol–water partition coefficient (Wildman–Crippen LogP) is 4.24. The highest BCUT2D eigenvalue weighted by atomic mass is 32.1. The van der Waals surface area contributed by atoms with E-state index < -0.39 is 11.9 Å². The smallest absolute Gasteiger partial charge is 0.249 e. The third kappa shape index (κ3) is 3.45. The number of likely N-dealkylation sites (tertiary alicyclic amines) is 1. The highest BCUT2D eigenvalue weighted by molar-refractivity contribution is 7.14. The number of benzene rings is 2. The molecule has 3 amide bonds. The van der Waals surface area contributed by atoms with Crippen LogP contribution in [0.2, 0.25) is 0 Å². The molecule has 2 aliphatic rings. The van der Waals surface area contributed by atoms with Crippen LogP contribution in [0.15, 0.2) is 60.0 Å². The van der Waals surface area contributed by atoms with Crippen LogP contribution in [-0.2, 0) is 14.4 Å². The number of thiazole rings is 1. The molecular weight excluding hydrogens is 410 g/mol. The van der Waals surface area contributed by atoms with Crippen molar-refractivity contribution in [1.82, 2.24) is 9.88 Å². The largest absolute Gasteiger partial charge is 0.300 e. The summed E-state index contributed by atoms with van der Waals surface area (Å²) in [5, 5.41) is 7.38. The van der Waals surface area contributed by atoms with Gasteiger partial charge in [0.15, 0.2) is 5.13 Å². The summed E-state index contributed by atoms with van der Waals surface area (Å²) < 4.78 is 0. The average molecular weight is 432 g/mol. The van der Waals surface area contributed by atoms with Gasteiger partial charge in [-0.1, -0.05) is 48.6 Å². The molecule has 1 aromatic heterocycles. The summed E-state index contributed by atoms with van der Waals surface area (Å²) in [6.45, 7) is 1.59. The normalized spacial score (nSPS) is 21.4. The Morgan fingerprint density at radius 1 is 1.06 bits per heavy atom. The molecule has 3 unspecified atom stereocenters. The van der Waals surface area contributed by atoms with Crippen LogP contribution in [0, 0.1) is 11.8 Å². The number of hydrogen-bond donors (Lipinski definition) is 1. The molecule has 3 atom stereocenters. The Balaban J connectivity index is 1.31. The Kier molecular flexibility index (Phi) is 4.90. The minimum atomic E-state index is -0.876. The lowest BCUT2D eigenvalue weighted by Gasteiger charge is -2.21. The molecular formula is C24H21N3O3S. The van der Waals surface area contributed by atoms with Gasteiger partial charge in [-0.2, -0.15) is 0 Å². The van der Waals surface area contributed by atoms with Crippen molar-refractivity contribution in [2.24, 2.45) is 11.8 Å². The number of hydrogen-bond acceptors (Lipinski definition) is 5. The predicted molar refractivity (Wildman–Crippen MR) is 120 cm³/mol. The highest BCUT2D eigenvalue weighted by Gasteiger charge is 2.50. The van der Waals surface area contributed by atoms with E-state index in [-0.39, 0.29) is 23.7 Å². The van der Waals surface area contributed by atoms with Crippen molar-refractivity contribution in [2.45, 2.75) is 25.8 Å². The van der Waals surface area contributed by atoms with E-state index in [4.69, 9.17) is 0 Å². The second-order valence-electron chi connectivity index (χ2n) is 7.97. The van der Waals surface area contributed by atoms with Crippen LogP contribution < -0.4 is 5.32 Å². The van der Waals surface area contributed by atoms with Crippen molar-refractivity contribution in [3.63, 3.8) is 0 Å². The second kappa shape index (κ2) is 7.74. The van der Waals surface area contributed by atoms with Crippen LogP contribution in [0.5, 0.6) is 0 Å². The zero-order chi connectivity index (χ0) is 21.5. The highest BCUT2D eigenvalue weighted by Crippen LogP contribution is 2.36. The van der Waals surface area contributed by atoms with Gasteiger partial charge in [0.2, 0.25) is 17.7 Å². The van der Waals surface area contributed by atoms with E-state index in [9.17, 15) is 14.4 Å². The molecule has 1 saturated heterocycles. The van der Waals surface area contributed by atoms with Crippen molar-refractivity contribution in [3.8, 4) is 11.3 Å². The average Bonchev–Trinajstić information content (AvgIpc) is 3.36. The number of amides is 3. The van der Waals surface area contributed by atoms with Crippen molar-refractivity contribution in [1.29, 1.82) is 0 Å². The van der Waals surface area contributed by atoms with Gasteiger partial charge >= 0.3 is 0 Å². The van der Waals surface area contributed by atoms with E-state index in [1.165, 1.54) is 11.3 Å². The summed E-state index contributed by atoms with van der Waals surface area (Å²) in [6.07, 6.45) is 4.98. The molecule has 31 heavy (non-hydrogen) atoms. The van der Waals surface area contributed by atoms with Gasteiger partial charge in [-0.15, -0.1) is 11.3 Å². The van der Waals surface area contributed by atoms with Gasteiger partial charge in [0.25, 0.3) is 0 Å². The van der Waals surface area contributed by atoms with Crippen molar-refractivity contribution >= 4 is 45.0 Å². The molecule has 1 aliphatic heterocycles. The topological polar surface area (TPSA) is 79.4 Å². The Bertz CT molecular complexity index is 1210. The maximum absolute atomic E-state index is 12.8. The summed E-state index contributed by atoms with van der Waals surface area (Å²) >= 11 is 1.32. The van der Waals surface area contributed by atoms with E-state index in [0.29, 0.717) is 18.0 Å². The van der Waals surface area contributed by atoms with Gasteiger partial charge in [-0.05, 0) is 36.6 Å². The van der Waals surface area contributed by atoms with Gasteiger partial charge in [0.1, 0.15) is 6.04 Å². The number of anilines is 1. The first-order valence-electron chi connectivity index (χ1n) is 10.3. The van der Waals surface area contributed by atoms with Crippen LogP contribution in [0.1, 0.15) is 19.8 Å². The molecule has 156 valence electrons. The fourth-order valence-corrected chi connectivity index (χ4v) is 5.07. The molecule has 7 heteroatoms. The van der Waals surface area contributed by atoms with Crippen molar-refractivity contribution in [2.75, 3.05) is 5.32 Å². The molecule has 0 spiro atoms. The molecule has 5 rings (SSSR count). The zero-order valence-electron chi connectivity index (χ0n) is 16.9. The van der Waals surface area contributed by atoms with Crippen molar-refractivity contribution < 1.29 is 14.4 Å². The molecule has 2 aromatic carbocycles. The van der Waals surface area contributed by atoms with Crippen LogP contribution >= 0.6 is 11.3 Å². The van der Waals surface area contributed by atoms with Crippen LogP contribution in [0.3, 0.4) is 0 Å². The van der Waals surface area contributed by atoms with Crippen LogP contribution in [-0.4, -0.2) is 33.6 Å². The van der Waals surface area contributed by atoms with E-state index in [0.717, 1.165) is 26.9 Å². The number of imide groups is 1. The minimum absolute atomic E-state index is 0.252. The fraction of sp³-hybridized carbons (Fsp3) is 0.250. The summed E-state index contributed by atoms with van der Waals surface area (Å²) in [6, 6.07) is 13.3. The van der Waals surface area contributed by atoms with E-state index in [1.807, 2.05) is 47.9 Å². The number of carbonyl (C=O) groups is 3. The van der Waals surface area contributed by atoms with E-state index in [2.05, 4.69) is 22.4 Å². The third-order valence-corrected chi connectivity index (χ3v) is 6.85. The summed E-state index contributed by atoms with van der Waals surface area (Å²) in [5.41, 5.74) is 1.73. The van der Waals surface area contributed by atoms with Gasteiger partial charge < -0.3 is 5.32 Å². The Hall–Kier alpha value is -3.32. The maximum Gasteiger partial charge on any atom is 0.249 e. The van der Waals surface area contributed by atoms with Gasteiger partial charge in [0.05, 0.1) is 17.5 Å². The number of allylic oxidation sites excluding steroid dienone is 2. The number of aromatic nitrogens is 1. The van der Waals surface area contributed by atoms with E-state index in [1.54, 1.807) is 6.92 Å². The van der Waals surface area contributed by atoms with E-state index >= 15 is 0 Å². The zero-order valence-corrected chi connectivity index (χ0v) is 17.8. The molecule has 2 heterocycles. The third-order valence-electron chi connectivity index (χ3n) is 6.09. The first-order valence-corrected chi connectivity index (χ1v) is 11.2. The SMILES string of the molecule is CC(C(=O)Nc1nc(-c2ccc3ccccc3c2)cs1)N1C(=O)C2CC=CCC2C1=O.